The number of H-pyrrole nitrogens is 1. The Bertz CT molecular complexity index is 767. The van der Waals surface area contributed by atoms with Crippen LogP contribution in [0.5, 0.6) is 0 Å². The first-order chi connectivity index (χ1) is 12.8. The normalized spacial score (nSPS) is 26.8. The quantitative estimate of drug-likeness (QED) is 0.910. The van der Waals surface area contributed by atoms with Crippen molar-refractivity contribution in [3.63, 3.8) is 0 Å². The number of ether oxygens (including phenoxy) is 1. The van der Waals surface area contributed by atoms with Gasteiger partial charge in [-0.2, -0.15) is 0 Å². The van der Waals surface area contributed by atoms with Crippen LogP contribution in [-0.4, -0.2) is 70.6 Å². The number of rotatable bonds is 4. The number of piperazine rings is 1. The topological polar surface area (TPSA) is 61.5 Å². The number of fused-ring (bicyclic) bond motifs is 2. The van der Waals surface area contributed by atoms with Gasteiger partial charge in [0, 0.05) is 38.5 Å². The molecule has 6 nitrogen and oxygen atoms in total. The van der Waals surface area contributed by atoms with Crippen LogP contribution >= 0.6 is 0 Å². The number of para-hydroxylation sites is 2. The second-order valence-corrected chi connectivity index (χ2v) is 7.87. The number of amides is 1. The maximum absolute atomic E-state index is 12.7. The Morgan fingerprint density at radius 1 is 1.23 bits per heavy atom. The van der Waals surface area contributed by atoms with Crippen molar-refractivity contribution in [2.24, 2.45) is 5.92 Å². The summed E-state index contributed by atoms with van der Waals surface area (Å²) >= 11 is 0. The summed E-state index contributed by atoms with van der Waals surface area (Å²) in [6, 6.07) is 8.95. The van der Waals surface area contributed by atoms with Gasteiger partial charge in [-0.05, 0) is 30.9 Å². The van der Waals surface area contributed by atoms with E-state index in [0.717, 1.165) is 55.6 Å². The average molecular weight is 354 g/mol. The predicted molar refractivity (Wildman–Crippen MR) is 98.8 cm³/mol. The van der Waals surface area contributed by atoms with E-state index >= 15 is 0 Å². The van der Waals surface area contributed by atoms with Crippen molar-refractivity contribution >= 4 is 16.9 Å². The van der Waals surface area contributed by atoms with Crippen molar-refractivity contribution in [3.05, 3.63) is 30.1 Å². The van der Waals surface area contributed by atoms with Crippen LogP contribution in [0.25, 0.3) is 11.0 Å². The highest BCUT2D eigenvalue weighted by Crippen LogP contribution is 2.38. The Morgan fingerprint density at radius 3 is 2.96 bits per heavy atom. The first-order valence-electron chi connectivity index (χ1n) is 9.83. The molecule has 0 radical (unpaired) electrons. The summed E-state index contributed by atoms with van der Waals surface area (Å²) in [4.78, 5) is 25.3. The second-order valence-electron chi connectivity index (χ2n) is 7.87. The van der Waals surface area contributed by atoms with Gasteiger partial charge in [0.25, 0.3) is 0 Å². The van der Waals surface area contributed by atoms with Crippen molar-refractivity contribution in [2.75, 3.05) is 32.8 Å². The van der Waals surface area contributed by atoms with Crippen molar-refractivity contribution in [2.45, 2.75) is 37.8 Å². The highest BCUT2D eigenvalue weighted by atomic mass is 16.5. The van der Waals surface area contributed by atoms with Gasteiger partial charge in [0.15, 0.2) is 0 Å². The lowest BCUT2D eigenvalue weighted by Crippen LogP contribution is -2.63. The van der Waals surface area contributed by atoms with Gasteiger partial charge in [0.2, 0.25) is 5.91 Å². The van der Waals surface area contributed by atoms with Crippen LogP contribution in [-0.2, 0) is 16.0 Å². The minimum Gasteiger partial charge on any atom is -0.378 e. The second kappa shape index (κ2) is 6.67. The zero-order chi connectivity index (χ0) is 17.5. The fourth-order valence-corrected chi connectivity index (χ4v) is 4.50. The summed E-state index contributed by atoms with van der Waals surface area (Å²) in [5, 5.41) is 0. The standard InChI is InChI=1S/C20H26N4O2/c25-20(8-7-19-21-16-3-1-2-4-17(16)22-19)23-9-10-24-15(11-23)12-26-13-18(24)14-5-6-14/h1-4,14-15,18H,5-13H2,(H,21,22)/t15-,18-/m1/s1. The molecule has 1 saturated carbocycles. The molecule has 1 aliphatic carbocycles. The molecule has 3 heterocycles. The molecule has 1 amide bonds. The van der Waals surface area contributed by atoms with Gasteiger partial charge >= 0.3 is 0 Å². The Labute approximate surface area is 153 Å². The van der Waals surface area contributed by atoms with Crippen LogP contribution in [0.15, 0.2) is 24.3 Å². The zero-order valence-electron chi connectivity index (χ0n) is 15.1. The molecule has 3 fully saturated rings. The molecule has 26 heavy (non-hydrogen) atoms. The average Bonchev–Trinajstić information content (AvgIpc) is 3.44. The number of imidazole rings is 1. The lowest BCUT2D eigenvalue weighted by atomic mass is 10.0. The zero-order valence-corrected chi connectivity index (χ0v) is 15.1. The molecule has 1 aromatic carbocycles. The van der Waals surface area contributed by atoms with Crippen LogP contribution in [0.3, 0.4) is 0 Å². The molecule has 2 atom stereocenters. The number of aromatic nitrogens is 2. The summed E-state index contributed by atoms with van der Waals surface area (Å²) in [5.41, 5.74) is 2.00. The van der Waals surface area contributed by atoms with E-state index in [0.29, 0.717) is 24.9 Å². The summed E-state index contributed by atoms with van der Waals surface area (Å²) in [7, 11) is 0. The molecule has 2 aliphatic heterocycles. The summed E-state index contributed by atoms with van der Waals surface area (Å²) in [6.45, 7) is 4.28. The van der Waals surface area contributed by atoms with E-state index in [1.54, 1.807) is 0 Å². The lowest BCUT2D eigenvalue weighted by molar-refractivity contribution is -0.140. The largest absolute Gasteiger partial charge is 0.378 e. The number of nitrogens with one attached hydrogen (secondary N) is 1. The first kappa shape index (κ1) is 16.3. The third-order valence-corrected chi connectivity index (χ3v) is 6.09. The van der Waals surface area contributed by atoms with Gasteiger partial charge < -0.3 is 14.6 Å². The predicted octanol–water partition coefficient (Wildman–Crippen LogP) is 1.82. The molecule has 2 saturated heterocycles. The first-order valence-corrected chi connectivity index (χ1v) is 9.83. The van der Waals surface area contributed by atoms with Crippen molar-refractivity contribution in [1.29, 1.82) is 0 Å². The minimum atomic E-state index is 0.235. The van der Waals surface area contributed by atoms with Gasteiger partial charge in [0.05, 0.1) is 30.3 Å². The van der Waals surface area contributed by atoms with Crippen LogP contribution in [0, 0.1) is 5.92 Å². The number of benzene rings is 1. The van der Waals surface area contributed by atoms with Crippen LogP contribution in [0.2, 0.25) is 0 Å². The molecule has 6 heteroatoms. The summed E-state index contributed by atoms with van der Waals surface area (Å²) < 4.78 is 5.85. The highest BCUT2D eigenvalue weighted by molar-refractivity contribution is 5.77. The minimum absolute atomic E-state index is 0.235. The lowest BCUT2D eigenvalue weighted by Gasteiger charge is -2.48. The Balaban J connectivity index is 1.18. The Kier molecular flexibility index (Phi) is 4.17. The smallest absolute Gasteiger partial charge is 0.223 e. The van der Waals surface area contributed by atoms with Gasteiger partial charge in [-0.15, -0.1) is 0 Å². The van der Waals surface area contributed by atoms with Crippen LogP contribution in [0.1, 0.15) is 25.1 Å². The Morgan fingerprint density at radius 2 is 2.12 bits per heavy atom. The Hall–Kier alpha value is -1.92. The number of hydrogen-bond acceptors (Lipinski definition) is 4. The van der Waals surface area contributed by atoms with Crippen molar-refractivity contribution < 1.29 is 9.53 Å². The summed E-state index contributed by atoms with van der Waals surface area (Å²) in [5.74, 6) is 1.96. The number of morpholine rings is 1. The molecule has 1 N–H and O–H groups in total. The fraction of sp³-hybridized carbons (Fsp3) is 0.600. The van der Waals surface area contributed by atoms with Gasteiger partial charge in [-0.3, -0.25) is 9.69 Å². The maximum atomic E-state index is 12.7. The molecule has 0 bridgehead atoms. The van der Waals surface area contributed by atoms with Gasteiger partial charge in [-0.25, -0.2) is 4.98 Å². The van der Waals surface area contributed by atoms with Crippen molar-refractivity contribution in [1.82, 2.24) is 19.8 Å². The summed E-state index contributed by atoms with van der Waals surface area (Å²) in [6.07, 6.45) is 3.87. The van der Waals surface area contributed by atoms with E-state index in [-0.39, 0.29) is 5.91 Å². The van der Waals surface area contributed by atoms with Crippen LogP contribution < -0.4 is 0 Å². The molecule has 138 valence electrons. The highest BCUT2D eigenvalue weighted by Gasteiger charge is 2.43. The molecular formula is C20H26N4O2. The SMILES string of the molecule is O=C(CCc1nc2ccccc2[nH]1)N1CCN2[C@@H](COC[C@@H]2C2CC2)C1. The fourth-order valence-electron chi connectivity index (χ4n) is 4.50. The molecular weight excluding hydrogens is 328 g/mol. The number of carbonyl (C=O) groups is 1. The monoisotopic (exact) mass is 354 g/mol. The number of aryl methyl sites for hydroxylation is 1. The van der Waals surface area contributed by atoms with Crippen molar-refractivity contribution in [3.8, 4) is 0 Å². The maximum Gasteiger partial charge on any atom is 0.223 e. The van der Waals surface area contributed by atoms with E-state index in [2.05, 4.69) is 14.9 Å². The molecule has 2 aromatic rings. The molecule has 0 spiro atoms. The van der Waals surface area contributed by atoms with Gasteiger partial charge in [0.1, 0.15) is 5.82 Å². The molecule has 5 rings (SSSR count). The number of hydrogen-bond donors (Lipinski definition) is 1. The number of carbonyl (C=O) groups excluding carboxylic acids is 1. The van der Waals surface area contributed by atoms with E-state index in [1.165, 1.54) is 12.8 Å². The van der Waals surface area contributed by atoms with E-state index in [4.69, 9.17) is 4.74 Å². The third-order valence-electron chi connectivity index (χ3n) is 6.09. The number of aromatic amines is 1. The molecule has 1 aromatic heterocycles. The molecule has 0 unspecified atom stereocenters. The van der Waals surface area contributed by atoms with E-state index < -0.39 is 0 Å². The van der Waals surface area contributed by atoms with E-state index in [1.807, 2.05) is 29.2 Å². The third kappa shape index (κ3) is 3.12. The van der Waals surface area contributed by atoms with Crippen LogP contribution in [0.4, 0.5) is 0 Å². The van der Waals surface area contributed by atoms with E-state index in [9.17, 15) is 4.79 Å². The van der Waals surface area contributed by atoms with Gasteiger partial charge in [-0.1, -0.05) is 12.1 Å². The number of nitrogens with zero attached hydrogens (tertiary/aromatic N) is 3. The molecule has 3 aliphatic rings.